The third-order valence-corrected chi connectivity index (χ3v) is 3.63. The Balaban J connectivity index is 1.87. The molecule has 25 heavy (non-hydrogen) atoms. The Labute approximate surface area is 141 Å². The van der Waals surface area contributed by atoms with Crippen LogP contribution in [0.15, 0.2) is 40.8 Å². The van der Waals surface area contributed by atoms with Crippen molar-refractivity contribution < 1.29 is 32.3 Å². The fourth-order valence-electron chi connectivity index (χ4n) is 2.24. The Bertz CT molecular complexity index is 750. The molecule has 0 fully saturated rings. The first-order chi connectivity index (χ1) is 11.7. The van der Waals surface area contributed by atoms with Crippen molar-refractivity contribution in [1.29, 1.82) is 0 Å². The van der Waals surface area contributed by atoms with Crippen molar-refractivity contribution in [2.75, 3.05) is 0 Å². The van der Waals surface area contributed by atoms with E-state index in [-0.39, 0.29) is 30.6 Å². The number of amides is 1. The maximum Gasteiger partial charge on any atom is 0.416 e. The number of carbonyl (C=O) groups is 2. The van der Waals surface area contributed by atoms with Gasteiger partial charge in [0.2, 0.25) is 11.7 Å². The molecule has 0 radical (unpaired) electrons. The van der Waals surface area contributed by atoms with E-state index in [0.29, 0.717) is 11.3 Å². The summed E-state index contributed by atoms with van der Waals surface area (Å²) in [4.78, 5) is 22.6. The molecule has 2 N–H and O–H groups in total. The Hall–Kier alpha value is -2.77. The van der Waals surface area contributed by atoms with Gasteiger partial charge in [0.15, 0.2) is 0 Å². The second-order valence-corrected chi connectivity index (χ2v) is 5.57. The van der Waals surface area contributed by atoms with E-state index in [2.05, 4.69) is 5.32 Å². The summed E-state index contributed by atoms with van der Waals surface area (Å²) in [6, 6.07) is 7.41. The summed E-state index contributed by atoms with van der Waals surface area (Å²) in [5.74, 6) is -1.71. The van der Waals surface area contributed by atoms with E-state index in [1.807, 2.05) is 0 Å². The molecule has 2 rings (SSSR count). The number of aromatic carboxylic acids is 1. The molecule has 134 valence electrons. The summed E-state index contributed by atoms with van der Waals surface area (Å²) in [6.07, 6.45) is -4.31. The van der Waals surface area contributed by atoms with Crippen molar-refractivity contribution >= 4 is 11.9 Å². The van der Waals surface area contributed by atoms with Crippen molar-refractivity contribution in [1.82, 2.24) is 5.32 Å². The first-order valence-electron chi connectivity index (χ1n) is 7.42. The molecular formula is C17H16F3NO4. The Morgan fingerprint density at radius 2 is 1.80 bits per heavy atom. The van der Waals surface area contributed by atoms with Crippen molar-refractivity contribution in [2.24, 2.45) is 0 Å². The molecule has 1 amide bonds. The van der Waals surface area contributed by atoms with Gasteiger partial charge >= 0.3 is 12.1 Å². The number of furan rings is 1. The zero-order chi connectivity index (χ0) is 18.6. The van der Waals surface area contributed by atoms with Crippen LogP contribution in [-0.4, -0.2) is 17.0 Å². The molecule has 1 aromatic heterocycles. The second kappa shape index (κ2) is 7.42. The predicted octanol–water partition coefficient (Wildman–Crippen LogP) is 3.81. The molecule has 0 bridgehead atoms. The van der Waals surface area contributed by atoms with Gasteiger partial charge in [-0.25, -0.2) is 4.79 Å². The van der Waals surface area contributed by atoms with Gasteiger partial charge in [-0.2, -0.15) is 13.2 Å². The highest BCUT2D eigenvalue weighted by Gasteiger charge is 2.30. The number of alkyl halides is 3. The summed E-state index contributed by atoms with van der Waals surface area (Å²) in [5, 5.41) is 11.3. The number of hydrogen-bond acceptors (Lipinski definition) is 3. The first-order valence-corrected chi connectivity index (χ1v) is 7.42. The van der Waals surface area contributed by atoms with Crippen molar-refractivity contribution in [3.05, 3.63) is 59.0 Å². The third-order valence-electron chi connectivity index (χ3n) is 3.63. The lowest BCUT2D eigenvalue weighted by atomic mass is 9.96. The van der Waals surface area contributed by atoms with Crippen LogP contribution < -0.4 is 5.32 Å². The summed E-state index contributed by atoms with van der Waals surface area (Å²) >= 11 is 0. The van der Waals surface area contributed by atoms with E-state index in [4.69, 9.17) is 9.52 Å². The number of halogens is 3. The Morgan fingerprint density at radius 1 is 1.16 bits per heavy atom. The largest absolute Gasteiger partial charge is 0.475 e. The molecule has 0 saturated carbocycles. The van der Waals surface area contributed by atoms with Gasteiger partial charge in [-0.05, 0) is 35.7 Å². The van der Waals surface area contributed by atoms with E-state index < -0.39 is 17.7 Å². The highest BCUT2D eigenvalue weighted by molar-refractivity contribution is 5.84. The lowest BCUT2D eigenvalue weighted by Gasteiger charge is -2.13. The molecule has 0 aliphatic carbocycles. The fourth-order valence-corrected chi connectivity index (χ4v) is 2.24. The molecule has 0 aliphatic heterocycles. The smallest absolute Gasteiger partial charge is 0.416 e. The monoisotopic (exact) mass is 355 g/mol. The average molecular weight is 355 g/mol. The van der Waals surface area contributed by atoms with Gasteiger partial charge in [0.05, 0.1) is 12.1 Å². The zero-order valence-electron chi connectivity index (χ0n) is 13.3. The van der Waals surface area contributed by atoms with Crippen LogP contribution in [0.5, 0.6) is 0 Å². The third kappa shape index (κ3) is 5.10. The van der Waals surface area contributed by atoms with Gasteiger partial charge < -0.3 is 14.8 Å². The summed E-state index contributed by atoms with van der Waals surface area (Å²) < 4.78 is 42.6. The summed E-state index contributed by atoms with van der Waals surface area (Å²) in [5.41, 5.74) is -0.116. The molecule has 0 spiro atoms. The van der Waals surface area contributed by atoms with E-state index in [0.717, 1.165) is 12.1 Å². The van der Waals surface area contributed by atoms with E-state index in [1.165, 1.54) is 24.3 Å². The number of hydrogen-bond donors (Lipinski definition) is 2. The van der Waals surface area contributed by atoms with Crippen LogP contribution in [0.4, 0.5) is 13.2 Å². The average Bonchev–Trinajstić information content (AvgIpc) is 3.01. The lowest BCUT2D eigenvalue weighted by Crippen LogP contribution is -2.23. The second-order valence-electron chi connectivity index (χ2n) is 5.57. The summed E-state index contributed by atoms with van der Waals surface area (Å²) in [6.45, 7) is 1.77. The van der Waals surface area contributed by atoms with Crippen LogP contribution in [-0.2, 0) is 17.5 Å². The number of carboxylic acid groups (broad SMARTS) is 1. The fraction of sp³-hybridized carbons (Fsp3) is 0.294. The van der Waals surface area contributed by atoms with Crippen LogP contribution in [0.2, 0.25) is 0 Å². The van der Waals surface area contributed by atoms with Crippen LogP contribution in [0.25, 0.3) is 0 Å². The van der Waals surface area contributed by atoms with Crippen molar-refractivity contribution in [2.45, 2.75) is 32.0 Å². The number of benzene rings is 1. The molecule has 5 nitrogen and oxygen atoms in total. The molecule has 1 aromatic carbocycles. The highest BCUT2D eigenvalue weighted by Crippen LogP contribution is 2.30. The Kier molecular flexibility index (Phi) is 5.51. The highest BCUT2D eigenvalue weighted by atomic mass is 19.4. The molecule has 8 heteroatoms. The standard InChI is InChI=1S/C17H16F3NO4/c1-10(11-2-4-12(5-3-11)17(18,19)20)8-15(22)21-9-13-6-7-14(25-13)16(23)24/h2-7,10H,8-9H2,1H3,(H,21,22)(H,23,24). The van der Waals surface area contributed by atoms with Gasteiger partial charge in [0.1, 0.15) is 5.76 Å². The van der Waals surface area contributed by atoms with Crippen LogP contribution in [0.1, 0.15) is 46.7 Å². The van der Waals surface area contributed by atoms with Crippen molar-refractivity contribution in [3.63, 3.8) is 0 Å². The van der Waals surface area contributed by atoms with Gasteiger partial charge in [0, 0.05) is 6.42 Å². The number of nitrogens with one attached hydrogen (secondary N) is 1. The van der Waals surface area contributed by atoms with Crippen molar-refractivity contribution in [3.8, 4) is 0 Å². The molecule has 0 saturated heterocycles. The van der Waals surface area contributed by atoms with E-state index in [1.54, 1.807) is 6.92 Å². The minimum atomic E-state index is -4.39. The lowest BCUT2D eigenvalue weighted by molar-refractivity contribution is -0.137. The van der Waals surface area contributed by atoms with E-state index in [9.17, 15) is 22.8 Å². The zero-order valence-corrected chi connectivity index (χ0v) is 13.3. The quantitative estimate of drug-likeness (QED) is 0.826. The number of carboxylic acids is 1. The molecule has 1 heterocycles. The molecule has 1 atom stereocenters. The van der Waals surface area contributed by atoms with Crippen LogP contribution >= 0.6 is 0 Å². The minimum Gasteiger partial charge on any atom is -0.475 e. The molecule has 0 aliphatic rings. The predicted molar refractivity (Wildman–Crippen MR) is 82.0 cm³/mol. The van der Waals surface area contributed by atoms with Crippen LogP contribution in [0, 0.1) is 0 Å². The number of rotatable bonds is 6. The van der Waals surface area contributed by atoms with Gasteiger partial charge in [-0.1, -0.05) is 19.1 Å². The maximum absolute atomic E-state index is 12.5. The Morgan fingerprint density at radius 3 is 2.32 bits per heavy atom. The molecule has 1 unspecified atom stereocenters. The minimum absolute atomic E-state index is 0.0336. The molecular weight excluding hydrogens is 339 g/mol. The maximum atomic E-state index is 12.5. The first kappa shape index (κ1) is 18.6. The van der Waals surface area contributed by atoms with Gasteiger partial charge in [-0.15, -0.1) is 0 Å². The van der Waals surface area contributed by atoms with Crippen LogP contribution in [0.3, 0.4) is 0 Å². The SMILES string of the molecule is CC(CC(=O)NCc1ccc(C(=O)O)o1)c1ccc(C(F)(F)F)cc1. The normalized spacial score (nSPS) is 12.6. The molecule has 2 aromatic rings. The van der Waals surface area contributed by atoms with Gasteiger partial charge in [-0.3, -0.25) is 4.79 Å². The number of carbonyl (C=O) groups excluding carboxylic acids is 1. The van der Waals surface area contributed by atoms with Gasteiger partial charge in [0.25, 0.3) is 0 Å². The van der Waals surface area contributed by atoms with E-state index >= 15 is 0 Å². The topological polar surface area (TPSA) is 79.5 Å². The summed E-state index contributed by atoms with van der Waals surface area (Å²) in [7, 11) is 0.